The van der Waals surface area contributed by atoms with Crippen molar-refractivity contribution >= 4 is 22.4 Å². The quantitative estimate of drug-likeness (QED) is 0.909. The van der Waals surface area contributed by atoms with E-state index in [2.05, 4.69) is 5.16 Å². The van der Waals surface area contributed by atoms with Crippen molar-refractivity contribution in [3.63, 3.8) is 0 Å². The molecule has 0 aliphatic carbocycles. The number of nitrogens with two attached hydrogens (primary N) is 1. The van der Waals surface area contributed by atoms with E-state index >= 15 is 0 Å². The average molecular weight is 324 g/mol. The summed E-state index contributed by atoms with van der Waals surface area (Å²) in [5.41, 5.74) is 6.32. The zero-order valence-electron chi connectivity index (χ0n) is 12.0. The van der Waals surface area contributed by atoms with E-state index in [1.54, 1.807) is 13.8 Å². The van der Waals surface area contributed by atoms with Crippen molar-refractivity contribution in [1.29, 1.82) is 0 Å². The molecule has 0 saturated carbocycles. The maximum Gasteiger partial charge on any atom is 0.248 e. The highest BCUT2D eigenvalue weighted by atomic mass is 35.5. The molecular weight excluding hydrogens is 302 g/mol. The second-order valence-corrected chi connectivity index (χ2v) is 7.15. The molecule has 0 bridgehead atoms. The third-order valence-corrected chi connectivity index (χ3v) is 5.84. The minimum atomic E-state index is -3.52. The largest absolute Gasteiger partial charge is 0.360 e. The van der Waals surface area contributed by atoms with Crippen LogP contribution in [0.25, 0.3) is 0 Å². The summed E-state index contributed by atoms with van der Waals surface area (Å²) in [6.45, 7) is 6.21. The normalized spacial score (nSPS) is 22.3. The lowest BCUT2D eigenvalue weighted by molar-refractivity contribution is 0.243. The molecule has 1 aliphatic rings. The van der Waals surface area contributed by atoms with Crippen LogP contribution < -0.4 is 5.73 Å². The molecule has 2 heterocycles. The van der Waals surface area contributed by atoms with E-state index in [0.717, 1.165) is 12.8 Å². The van der Waals surface area contributed by atoms with E-state index in [1.165, 1.54) is 4.31 Å². The highest BCUT2D eigenvalue weighted by molar-refractivity contribution is 7.89. The molecule has 1 saturated heterocycles. The Kier molecular flexibility index (Phi) is 5.60. The van der Waals surface area contributed by atoms with Gasteiger partial charge < -0.3 is 10.3 Å². The van der Waals surface area contributed by atoms with E-state index in [-0.39, 0.29) is 29.3 Å². The number of sulfonamides is 1. The second kappa shape index (κ2) is 6.43. The van der Waals surface area contributed by atoms with Gasteiger partial charge in [-0.15, -0.1) is 12.4 Å². The number of hydrogen-bond donors (Lipinski definition) is 1. The first kappa shape index (κ1) is 17.4. The maximum absolute atomic E-state index is 12.6. The van der Waals surface area contributed by atoms with Gasteiger partial charge in [-0.05, 0) is 39.5 Å². The third kappa shape index (κ3) is 3.16. The molecule has 2 N–H and O–H groups in total. The summed E-state index contributed by atoms with van der Waals surface area (Å²) in [6.07, 6.45) is 1.82. The molecule has 0 radical (unpaired) electrons. The summed E-state index contributed by atoms with van der Waals surface area (Å²) in [7, 11) is -3.52. The van der Waals surface area contributed by atoms with E-state index in [0.29, 0.717) is 24.5 Å². The topological polar surface area (TPSA) is 89.4 Å². The number of aromatic nitrogens is 1. The van der Waals surface area contributed by atoms with E-state index in [9.17, 15) is 8.42 Å². The lowest BCUT2D eigenvalue weighted by Crippen LogP contribution is -2.45. The Balaban J connectivity index is 0.00000200. The summed E-state index contributed by atoms with van der Waals surface area (Å²) in [5, 5.41) is 3.73. The fourth-order valence-electron chi connectivity index (χ4n) is 2.59. The second-order valence-electron chi connectivity index (χ2n) is 5.28. The van der Waals surface area contributed by atoms with Gasteiger partial charge in [-0.1, -0.05) is 5.16 Å². The van der Waals surface area contributed by atoms with Gasteiger partial charge in [0.15, 0.2) is 5.76 Å². The van der Waals surface area contributed by atoms with Gasteiger partial charge in [0.05, 0.1) is 0 Å². The summed E-state index contributed by atoms with van der Waals surface area (Å²) in [4.78, 5) is 0.206. The van der Waals surface area contributed by atoms with E-state index < -0.39 is 10.0 Å². The Morgan fingerprint density at radius 1 is 1.45 bits per heavy atom. The van der Waals surface area contributed by atoms with Crippen LogP contribution in [0.5, 0.6) is 0 Å². The van der Waals surface area contributed by atoms with E-state index in [4.69, 9.17) is 10.3 Å². The van der Waals surface area contributed by atoms with Crippen molar-refractivity contribution in [2.45, 2.75) is 44.6 Å². The molecule has 2 atom stereocenters. The Hall–Kier alpha value is -0.630. The lowest BCUT2D eigenvalue weighted by atomic mass is 9.93. The zero-order chi connectivity index (χ0) is 14.2. The lowest BCUT2D eigenvalue weighted by Gasteiger charge is -2.33. The first-order chi connectivity index (χ1) is 8.84. The predicted molar refractivity (Wildman–Crippen MR) is 78.4 cm³/mol. The van der Waals surface area contributed by atoms with Gasteiger partial charge in [-0.3, -0.25) is 0 Å². The maximum atomic E-state index is 12.6. The molecule has 116 valence electrons. The molecule has 1 aromatic rings. The molecule has 1 aliphatic heterocycles. The van der Waals surface area contributed by atoms with Crippen molar-refractivity contribution in [1.82, 2.24) is 9.46 Å². The third-order valence-electron chi connectivity index (χ3n) is 3.73. The summed E-state index contributed by atoms with van der Waals surface area (Å²) < 4.78 is 31.8. The number of hydrogen-bond acceptors (Lipinski definition) is 5. The van der Waals surface area contributed by atoms with Crippen molar-refractivity contribution in [2.75, 3.05) is 13.1 Å². The standard InChI is InChI=1S/C12H21N3O3S.ClH/c1-8(13)11-5-4-6-15(7-11)19(16,17)12-9(2)14-18-10(12)3;/h8,11H,4-7,13H2,1-3H3;1H. The molecule has 0 aromatic carbocycles. The fourth-order valence-corrected chi connectivity index (χ4v) is 4.42. The molecule has 2 unspecified atom stereocenters. The minimum Gasteiger partial charge on any atom is -0.360 e. The Morgan fingerprint density at radius 3 is 2.60 bits per heavy atom. The first-order valence-electron chi connectivity index (χ1n) is 6.52. The molecule has 1 aromatic heterocycles. The van der Waals surface area contributed by atoms with Crippen LogP contribution in [0.2, 0.25) is 0 Å². The van der Waals surface area contributed by atoms with Crippen LogP contribution in [0.1, 0.15) is 31.2 Å². The molecular formula is C12H22ClN3O3S. The number of nitrogens with zero attached hydrogens (tertiary/aromatic N) is 2. The number of halogens is 1. The van der Waals surface area contributed by atoms with Gasteiger partial charge in [0.25, 0.3) is 0 Å². The van der Waals surface area contributed by atoms with Crippen molar-refractivity contribution in [3.8, 4) is 0 Å². The monoisotopic (exact) mass is 323 g/mol. The average Bonchev–Trinajstić information content (AvgIpc) is 2.69. The fraction of sp³-hybridized carbons (Fsp3) is 0.750. The van der Waals surface area contributed by atoms with Crippen LogP contribution in [0.4, 0.5) is 0 Å². The van der Waals surface area contributed by atoms with Gasteiger partial charge in [-0.25, -0.2) is 8.42 Å². The van der Waals surface area contributed by atoms with Crippen LogP contribution in [0.15, 0.2) is 9.42 Å². The van der Waals surface area contributed by atoms with Crippen LogP contribution in [-0.2, 0) is 10.0 Å². The minimum absolute atomic E-state index is 0. The molecule has 20 heavy (non-hydrogen) atoms. The van der Waals surface area contributed by atoms with Gasteiger partial charge in [0.1, 0.15) is 10.6 Å². The molecule has 0 amide bonds. The van der Waals surface area contributed by atoms with Gasteiger partial charge in [0.2, 0.25) is 10.0 Å². The van der Waals surface area contributed by atoms with Crippen molar-refractivity contribution in [2.24, 2.45) is 11.7 Å². The molecule has 8 heteroatoms. The smallest absolute Gasteiger partial charge is 0.248 e. The number of rotatable bonds is 3. The van der Waals surface area contributed by atoms with Crippen molar-refractivity contribution < 1.29 is 12.9 Å². The molecule has 1 fully saturated rings. The Bertz CT molecular complexity index is 537. The Morgan fingerprint density at radius 2 is 2.10 bits per heavy atom. The van der Waals surface area contributed by atoms with Crippen LogP contribution in [0.3, 0.4) is 0 Å². The molecule has 0 spiro atoms. The highest BCUT2D eigenvalue weighted by Crippen LogP contribution is 2.28. The van der Waals surface area contributed by atoms with Crippen LogP contribution in [-0.4, -0.2) is 37.0 Å². The Labute approximate surface area is 126 Å². The van der Waals surface area contributed by atoms with Crippen LogP contribution >= 0.6 is 12.4 Å². The molecule has 6 nitrogen and oxygen atoms in total. The summed E-state index contributed by atoms with van der Waals surface area (Å²) in [6, 6.07) is 0.00247. The van der Waals surface area contributed by atoms with Gasteiger partial charge >= 0.3 is 0 Å². The summed E-state index contributed by atoms with van der Waals surface area (Å²) >= 11 is 0. The SMILES string of the molecule is Cc1noc(C)c1S(=O)(=O)N1CCCC(C(C)N)C1.Cl. The summed E-state index contributed by atoms with van der Waals surface area (Å²) in [5.74, 6) is 0.560. The van der Waals surface area contributed by atoms with Gasteiger partial charge in [-0.2, -0.15) is 4.31 Å². The van der Waals surface area contributed by atoms with Crippen molar-refractivity contribution in [3.05, 3.63) is 11.5 Å². The number of piperidine rings is 1. The first-order valence-corrected chi connectivity index (χ1v) is 7.96. The number of aryl methyl sites for hydroxylation is 2. The van der Waals surface area contributed by atoms with E-state index in [1.807, 2.05) is 6.92 Å². The predicted octanol–water partition coefficient (Wildman–Crippen LogP) is 1.46. The zero-order valence-corrected chi connectivity index (χ0v) is 13.6. The van der Waals surface area contributed by atoms with Crippen LogP contribution in [0, 0.1) is 19.8 Å². The highest BCUT2D eigenvalue weighted by Gasteiger charge is 2.35. The molecule has 2 rings (SSSR count). The van der Waals surface area contributed by atoms with Gasteiger partial charge in [0, 0.05) is 19.1 Å².